The quantitative estimate of drug-likeness (QED) is 0.739. The number of anilines is 1. The molecule has 138 valence electrons. The van der Waals surface area contributed by atoms with Crippen molar-refractivity contribution in [3.05, 3.63) is 48.0 Å². The summed E-state index contributed by atoms with van der Waals surface area (Å²) in [5.74, 6) is 0.251. The van der Waals surface area contributed by atoms with Crippen molar-refractivity contribution < 1.29 is 9.59 Å². The minimum absolute atomic E-state index is 0.0204. The molecule has 8 nitrogen and oxygen atoms in total. The van der Waals surface area contributed by atoms with Crippen LogP contribution in [0.3, 0.4) is 0 Å². The van der Waals surface area contributed by atoms with E-state index in [1.165, 1.54) is 0 Å². The maximum atomic E-state index is 12.7. The van der Waals surface area contributed by atoms with Gasteiger partial charge in [0.2, 0.25) is 11.9 Å². The van der Waals surface area contributed by atoms with Gasteiger partial charge in [0.1, 0.15) is 0 Å². The number of nitrogen functional groups attached to an aromatic ring is 1. The number of nitrogens with zero attached hydrogens (tertiary/aromatic N) is 5. The SMILES string of the molecule is CC(=O)N1CCN(C(=O)c2ccc(-c3cccc4nc(N)nn34)cc2)CC1. The van der Waals surface area contributed by atoms with E-state index in [-0.39, 0.29) is 17.8 Å². The predicted molar refractivity (Wildman–Crippen MR) is 101 cm³/mol. The average Bonchev–Trinajstić information content (AvgIpc) is 3.08. The van der Waals surface area contributed by atoms with Crippen LogP contribution in [-0.2, 0) is 4.79 Å². The molecule has 2 aromatic heterocycles. The van der Waals surface area contributed by atoms with Gasteiger partial charge in [-0.3, -0.25) is 9.59 Å². The molecule has 1 aromatic carbocycles. The van der Waals surface area contributed by atoms with Crippen molar-refractivity contribution in [2.75, 3.05) is 31.9 Å². The van der Waals surface area contributed by atoms with Gasteiger partial charge >= 0.3 is 0 Å². The highest BCUT2D eigenvalue weighted by atomic mass is 16.2. The number of nitrogens with two attached hydrogens (primary N) is 1. The van der Waals surface area contributed by atoms with Gasteiger partial charge in [-0.15, -0.1) is 5.10 Å². The molecular weight excluding hydrogens is 344 g/mol. The maximum Gasteiger partial charge on any atom is 0.253 e. The van der Waals surface area contributed by atoms with E-state index < -0.39 is 0 Å². The van der Waals surface area contributed by atoms with Gasteiger partial charge in [0, 0.05) is 44.2 Å². The van der Waals surface area contributed by atoms with Crippen LogP contribution in [0.1, 0.15) is 17.3 Å². The summed E-state index contributed by atoms with van der Waals surface area (Å²) in [4.78, 5) is 31.8. The summed E-state index contributed by atoms with van der Waals surface area (Å²) in [6.07, 6.45) is 0. The summed E-state index contributed by atoms with van der Waals surface area (Å²) in [6, 6.07) is 13.1. The van der Waals surface area contributed by atoms with Crippen LogP contribution in [0.4, 0.5) is 5.95 Å². The zero-order chi connectivity index (χ0) is 19.0. The Labute approximate surface area is 156 Å². The molecule has 2 N–H and O–H groups in total. The second-order valence-corrected chi connectivity index (χ2v) is 6.53. The van der Waals surface area contributed by atoms with Crippen molar-refractivity contribution in [1.82, 2.24) is 24.4 Å². The van der Waals surface area contributed by atoms with Gasteiger partial charge in [-0.2, -0.15) is 4.98 Å². The Hall–Kier alpha value is -3.42. The first kappa shape index (κ1) is 17.0. The number of hydrogen-bond acceptors (Lipinski definition) is 5. The minimum Gasteiger partial charge on any atom is -0.366 e. The van der Waals surface area contributed by atoms with E-state index in [1.54, 1.807) is 21.2 Å². The normalized spacial score (nSPS) is 14.6. The van der Waals surface area contributed by atoms with E-state index in [0.717, 1.165) is 11.3 Å². The molecule has 8 heteroatoms. The Morgan fingerprint density at radius 3 is 2.30 bits per heavy atom. The zero-order valence-corrected chi connectivity index (χ0v) is 15.0. The summed E-state index contributed by atoms with van der Waals surface area (Å²) >= 11 is 0. The van der Waals surface area contributed by atoms with Crippen molar-refractivity contribution in [3.8, 4) is 11.3 Å². The van der Waals surface area contributed by atoms with E-state index in [1.807, 2.05) is 42.5 Å². The fraction of sp³-hybridized carbons (Fsp3) is 0.263. The van der Waals surface area contributed by atoms with Crippen molar-refractivity contribution in [1.29, 1.82) is 0 Å². The highest BCUT2D eigenvalue weighted by Gasteiger charge is 2.23. The Morgan fingerprint density at radius 1 is 0.963 bits per heavy atom. The van der Waals surface area contributed by atoms with Crippen molar-refractivity contribution in [3.63, 3.8) is 0 Å². The predicted octanol–water partition coefficient (Wildman–Crippen LogP) is 1.28. The first-order valence-electron chi connectivity index (χ1n) is 8.79. The van der Waals surface area contributed by atoms with E-state index >= 15 is 0 Å². The summed E-state index contributed by atoms with van der Waals surface area (Å²) in [5.41, 5.74) is 8.77. The molecule has 3 heterocycles. The van der Waals surface area contributed by atoms with Crippen molar-refractivity contribution in [2.24, 2.45) is 0 Å². The van der Waals surface area contributed by atoms with Gasteiger partial charge in [0.15, 0.2) is 5.65 Å². The number of amides is 2. The molecule has 0 bridgehead atoms. The average molecular weight is 364 g/mol. The molecule has 1 aliphatic heterocycles. The molecule has 27 heavy (non-hydrogen) atoms. The molecule has 2 amide bonds. The Balaban J connectivity index is 1.54. The molecule has 1 fully saturated rings. The standard InChI is InChI=1S/C19H20N6O2/c1-13(26)23-9-11-24(12-10-23)18(27)15-7-5-14(6-8-15)16-3-2-4-17-21-19(20)22-25(16)17/h2-8H,9-12H2,1H3,(H2,20,22). The highest BCUT2D eigenvalue weighted by molar-refractivity contribution is 5.95. The number of piperazine rings is 1. The number of aromatic nitrogens is 3. The molecule has 4 rings (SSSR count). The number of carbonyl (C=O) groups excluding carboxylic acids is 2. The lowest BCUT2D eigenvalue weighted by Gasteiger charge is -2.34. The van der Waals surface area contributed by atoms with Crippen LogP contribution in [0, 0.1) is 0 Å². The maximum absolute atomic E-state index is 12.7. The topological polar surface area (TPSA) is 96.8 Å². The molecule has 1 saturated heterocycles. The molecule has 0 aliphatic carbocycles. The Kier molecular flexibility index (Phi) is 4.23. The molecule has 0 radical (unpaired) electrons. The van der Waals surface area contributed by atoms with Crippen LogP contribution in [-0.4, -0.2) is 62.4 Å². The molecular formula is C19H20N6O2. The van der Waals surface area contributed by atoms with Gasteiger partial charge < -0.3 is 15.5 Å². The fourth-order valence-corrected chi connectivity index (χ4v) is 3.33. The van der Waals surface area contributed by atoms with Gasteiger partial charge in [0.05, 0.1) is 5.69 Å². The molecule has 0 spiro atoms. The van der Waals surface area contributed by atoms with Gasteiger partial charge in [0.25, 0.3) is 5.91 Å². The third-order valence-electron chi connectivity index (χ3n) is 4.82. The monoisotopic (exact) mass is 364 g/mol. The summed E-state index contributed by atoms with van der Waals surface area (Å²) in [5, 5.41) is 4.22. The van der Waals surface area contributed by atoms with Crippen LogP contribution >= 0.6 is 0 Å². The lowest BCUT2D eigenvalue weighted by Crippen LogP contribution is -2.50. The lowest BCUT2D eigenvalue weighted by atomic mass is 10.1. The van der Waals surface area contributed by atoms with Crippen LogP contribution in [0.25, 0.3) is 16.9 Å². The fourth-order valence-electron chi connectivity index (χ4n) is 3.33. The second kappa shape index (κ2) is 6.71. The Bertz CT molecular complexity index is 1000. The third kappa shape index (κ3) is 3.21. The number of pyridine rings is 1. The third-order valence-corrected chi connectivity index (χ3v) is 4.82. The molecule has 0 atom stereocenters. The van der Waals surface area contributed by atoms with Crippen LogP contribution in [0.2, 0.25) is 0 Å². The smallest absolute Gasteiger partial charge is 0.253 e. The lowest BCUT2D eigenvalue weighted by molar-refractivity contribution is -0.130. The van der Waals surface area contributed by atoms with Gasteiger partial charge in [-0.05, 0) is 24.3 Å². The number of rotatable bonds is 2. The number of hydrogen-bond donors (Lipinski definition) is 1. The van der Waals surface area contributed by atoms with E-state index in [0.29, 0.717) is 37.4 Å². The summed E-state index contributed by atoms with van der Waals surface area (Å²) in [7, 11) is 0. The summed E-state index contributed by atoms with van der Waals surface area (Å²) in [6.45, 7) is 3.82. The largest absolute Gasteiger partial charge is 0.366 e. The van der Waals surface area contributed by atoms with Crippen molar-refractivity contribution >= 4 is 23.4 Å². The molecule has 0 unspecified atom stereocenters. The second-order valence-electron chi connectivity index (χ2n) is 6.53. The van der Waals surface area contributed by atoms with Crippen molar-refractivity contribution in [2.45, 2.75) is 6.92 Å². The number of benzene rings is 1. The highest BCUT2D eigenvalue weighted by Crippen LogP contribution is 2.21. The van der Waals surface area contributed by atoms with Crippen LogP contribution in [0.5, 0.6) is 0 Å². The van der Waals surface area contributed by atoms with E-state index in [9.17, 15) is 9.59 Å². The van der Waals surface area contributed by atoms with E-state index in [4.69, 9.17) is 5.73 Å². The number of carbonyl (C=O) groups is 2. The Morgan fingerprint density at radius 2 is 1.63 bits per heavy atom. The van der Waals surface area contributed by atoms with Crippen LogP contribution < -0.4 is 5.73 Å². The zero-order valence-electron chi connectivity index (χ0n) is 15.0. The first-order chi connectivity index (χ1) is 13.0. The summed E-state index contributed by atoms with van der Waals surface area (Å²) < 4.78 is 1.69. The van der Waals surface area contributed by atoms with Gasteiger partial charge in [-0.1, -0.05) is 18.2 Å². The van der Waals surface area contributed by atoms with Gasteiger partial charge in [-0.25, -0.2) is 4.52 Å². The van der Waals surface area contributed by atoms with Crippen LogP contribution in [0.15, 0.2) is 42.5 Å². The number of fused-ring (bicyclic) bond motifs is 1. The molecule has 0 saturated carbocycles. The van der Waals surface area contributed by atoms with E-state index in [2.05, 4.69) is 10.1 Å². The first-order valence-corrected chi connectivity index (χ1v) is 8.79. The molecule has 3 aromatic rings. The molecule has 1 aliphatic rings. The minimum atomic E-state index is -0.0204.